The lowest BCUT2D eigenvalue weighted by molar-refractivity contribution is 0.672. The fraction of sp³-hybridized carbons (Fsp3) is 0.118. The van der Waals surface area contributed by atoms with Gasteiger partial charge in [-0.25, -0.2) is 4.98 Å². The van der Waals surface area contributed by atoms with Gasteiger partial charge in [-0.2, -0.15) is 0 Å². The van der Waals surface area contributed by atoms with E-state index < -0.39 is 0 Å². The first kappa shape index (κ1) is 14.7. The lowest BCUT2D eigenvalue weighted by Crippen LogP contribution is -2.25. The Kier molecular flexibility index (Phi) is 3.28. The van der Waals surface area contributed by atoms with Crippen molar-refractivity contribution in [2.24, 2.45) is 7.05 Å². The first-order chi connectivity index (χ1) is 11.6. The second-order valence-corrected chi connectivity index (χ2v) is 6.01. The van der Waals surface area contributed by atoms with Gasteiger partial charge in [0.15, 0.2) is 0 Å². The van der Waals surface area contributed by atoms with Crippen molar-refractivity contribution in [3.05, 3.63) is 69.3 Å². The van der Waals surface area contributed by atoms with Gasteiger partial charge in [-0.3, -0.25) is 10.2 Å². The molecule has 0 aliphatic rings. The normalized spacial score (nSPS) is 11.4. The zero-order valence-electron chi connectivity index (χ0n) is 12.9. The maximum atomic E-state index is 12.2. The van der Waals surface area contributed by atoms with Gasteiger partial charge in [-0.05, 0) is 24.3 Å². The average Bonchev–Trinajstić information content (AvgIpc) is 2.81. The number of nitrogens with zero attached hydrogens (tertiary/aromatic N) is 3. The summed E-state index contributed by atoms with van der Waals surface area (Å²) >= 11 is 6.26. The van der Waals surface area contributed by atoms with Gasteiger partial charge < -0.3 is 14.1 Å². The third-order valence-electron chi connectivity index (χ3n) is 4.13. The minimum Gasteiger partial charge on any atom is -0.312 e. The van der Waals surface area contributed by atoms with E-state index in [1.54, 1.807) is 34.4 Å². The number of fused-ring (bicyclic) bond motifs is 2. The standard InChI is InChI=1S/C17H14ClN5O/c1-22-15-11(18)6-4-8-13(15)23(17(22)19)9-14-20-12-7-3-2-5-10(12)16(24)21-14/h2-8,19H,9H2,1H3,(H,20,21,24). The molecule has 0 spiro atoms. The fourth-order valence-electron chi connectivity index (χ4n) is 2.97. The number of nitrogens with one attached hydrogen (secondary N) is 2. The number of aryl methyl sites for hydroxylation is 1. The highest BCUT2D eigenvalue weighted by atomic mass is 35.5. The van der Waals surface area contributed by atoms with Gasteiger partial charge in [0.1, 0.15) is 5.82 Å². The zero-order chi connectivity index (χ0) is 16.8. The van der Waals surface area contributed by atoms with Gasteiger partial charge in [-0.1, -0.05) is 29.8 Å². The van der Waals surface area contributed by atoms with Crippen LogP contribution in [0.15, 0.2) is 47.3 Å². The van der Waals surface area contributed by atoms with Gasteiger partial charge in [0.25, 0.3) is 5.56 Å². The molecule has 120 valence electrons. The summed E-state index contributed by atoms with van der Waals surface area (Å²) in [6, 6.07) is 12.7. The molecular formula is C17H14ClN5O. The highest BCUT2D eigenvalue weighted by Crippen LogP contribution is 2.22. The van der Waals surface area contributed by atoms with E-state index in [2.05, 4.69) is 9.97 Å². The minimum atomic E-state index is -0.180. The van der Waals surface area contributed by atoms with Gasteiger partial charge in [0, 0.05) is 7.05 Å². The average molecular weight is 340 g/mol. The van der Waals surface area contributed by atoms with Crippen molar-refractivity contribution in [3.63, 3.8) is 0 Å². The van der Waals surface area contributed by atoms with Gasteiger partial charge in [0.05, 0.1) is 33.5 Å². The summed E-state index contributed by atoms with van der Waals surface area (Å²) in [5.74, 6) is 0.504. The van der Waals surface area contributed by atoms with Crippen LogP contribution in [0.2, 0.25) is 5.02 Å². The number of halogens is 1. The van der Waals surface area contributed by atoms with E-state index in [1.807, 2.05) is 24.3 Å². The molecule has 0 saturated heterocycles. The summed E-state index contributed by atoms with van der Waals surface area (Å²) in [6.07, 6.45) is 0. The Labute approximate surface area is 141 Å². The number of H-pyrrole nitrogens is 1. The Morgan fingerprint density at radius 1 is 1.21 bits per heavy atom. The quantitative estimate of drug-likeness (QED) is 0.588. The highest BCUT2D eigenvalue weighted by molar-refractivity contribution is 6.35. The molecule has 0 radical (unpaired) electrons. The molecule has 7 heteroatoms. The number of aromatic nitrogens is 4. The third kappa shape index (κ3) is 2.15. The molecule has 0 bridgehead atoms. The number of imidazole rings is 1. The summed E-state index contributed by atoms with van der Waals surface area (Å²) < 4.78 is 3.49. The summed E-state index contributed by atoms with van der Waals surface area (Å²) in [7, 11) is 1.80. The van der Waals surface area contributed by atoms with Crippen LogP contribution in [0.4, 0.5) is 0 Å². The van der Waals surface area contributed by atoms with E-state index in [0.29, 0.717) is 21.7 Å². The summed E-state index contributed by atoms with van der Waals surface area (Å²) in [5, 5.41) is 9.47. The first-order valence-electron chi connectivity index (χ1n) is 7.42. The van der Waals surface area contributed by atoms with Crippen molar-refractivity contribution in [1.29, 1.82) is 5.41 Å². The zero-order valence-corrected chi connectivity index (χ0v) is 13.6. The van der Waals surface area contributed by atoms with Crippen LogP contribution < -0.4 is 11.2 Å². The fourth-order valence-corrected chi connectivity index (χ4v) is 3.27. The van der Waals surface area contributed by atoms with Crippen LogP contribution in [-0.4, -0.2) is 19.1 Å². The maximum Gasteiger partial charge on any atom is 0.258 e. The topological polar surface area (TPSA) is 79.5 Å². The summed E-state index contributed by atoms with van der Waals surface area (Å²) in [4.78, 5) is 19.5. The van der Waals surface area contributed by atoms with Crippen LogP contribution in [0.25, 0.3) is 21.9 Å². The minimum absolute atomic E-state index is 0.180. The molecule has 6 nitrogen and oxygen atoms in total. The smallest absolute Gasteiger partial charge is 0.258 e. The van der Waals surface area contributed by atoms with Crippen molar-refractivity contribution in [2.45, 2.75) is 6.54 Å². The Morgan fingerprint density at radius 3 is 2.83 bits per heavy atom. The van der Waals surface area contributed by atoms with Crippen molar-refractivity contribution in [1.82, 2.24) is 19.1 Å². The number of benzene rings is 2. The van der Waals surface area contributed by atoms with Crippen molar-refractivity contribution >= 4 is 33.5 Å². The van der Waals surface area contributed by atoms with Crippen LogP contribution in [-0.2, 0) is 13.6 Å². The molecule has 24 heavy (non-hydrogen) atoms. The molecule has 0 unspecified atom stereocenters. The Bertz CT molecular complexity index is 1200. The van der Waals surface area contributed by atoms with Crippen LogP contribution >= 0.6 is 11.6 Å². The molecule has 0 amide bonds. The van der Waals surface area contributed by atoms with Crippen LogP contribution in [0, 0.1) is 5.41 Å². The molecule has 0 fully saturated rings. The molecule has 0 aliphatic heterocycles. The Balaban J connectivity index is 1.92. The summed E-state index contributed by atoms with van der Waals surface area (Å²) in [5.41, 5.74) is 2.36. The van der Waals surface area contributed by atoms with Crippen molar-refractivity contribution in [3.8, 4) is 0 Å². The maximum absolute atomic E-state index is 12.2. The molecule has 2 N–H and O–H groups in total. The van der Waals surface area contributed by atoms with Crippen LogP contribution in [0.5, 0.6) is 0 Å². The van der Waals surface area contributed by atoms with E-state index in [0.717, 1.165) is 11.0 Å². The second kappa shape index (κ2) is 5.35. The SMILES string of the molecule is Cn1c(=N)n(Cc2nc3ccccc3c(=O)[nH]2)c2cccc(Cl)c21. The second-order valence-electron chi connectivity index (χ2n) is 5.61. The Hall–Kier alpha value is -2.86. The van der Waals surface area contributed by atoms with Gasteiger partial charge in [-0.15, -0.1) is 0 Å². The lowest BCUT2D eigenvalue weighted by Gasteiger charge is -2.05. The van der Waals surface area contributed by atoms with Crippen LogP contribution in [0.3, 0.4) is 0 Å². The van der Waals surface area contributed by atoms with Crippen molar-refractivity contribution in [2.75, 3.05) is 0 Å². The molecule has 0 aliphatic carbocycles. The molecule has 2 heterocycles. The Morgan fingerprint density at radius 2 is 2.00 bits per heavy atom. The molecule has 0 atom stereocenters. The van der Waals surface area contributed by atoms with Crippen LogP contribution in [0.1, 0.15) is 5.82 Å². The van der Waals surface area contributed by atoms with E-state index in [4.69, 9.17) is 17.0 Å². The van der Waals surface area contributed by atoms with E-state index in [9.17, 15) is 4.79 Å². The van der Waals surface area contributed by atoms with Crippen molar-refractivity contribution < 1.29 is 0 Å². The number of hydrogen-bond donors (Lipinski definition) is 2. The lowest BCUT2D eigenvalue weighted by atomic mass is 10.2. The molecule has 0 saturated carbocycles. The third-order valence-corrected chi connectivity index (χ3v) is 4.44. The van der Waals surface area contributed by atoms with E-state index in [-0.39, 0.29) is 17.7 Å². The van der Waals surface area contributed by atoms with Gasteiger partial charge in [0.2, 0.25) is 5.62 Å². The first-order valence-corrected chi connectivity index (χ1v) is 7.80. The molecule has 4 aromatic rings. The number of para-hydroxylation sites is 2. The van der Waals surface area contributed by atoms with Gasteiger partial charge >= 0.3 is 0 Å². The largest absolute Gasteiger partial charge is 0.312 e. The molecule has 2 aromatic carbocycles. The molecule has 2 aromatic heterocycles. The number of aromatic amines is 1. The predicted molar refractivity (Wildman–Crippen MR) is 93.2 cm³/mol. The monoisotopic (exact) mass is 339 g/mol. The predicted octanol–water partition coefficient (Wildman–Crippen LogP) is 2.40. The molecular weight excluding hydrogens is 326 g/mol. The number of hydrogen-bond acceptors (Lipinski definition) is 3. The number of rotatable bonds is 2. The highest BCUT2D eigenvalue weighted by Gasteiger charge is 2.13. The van der Waals surface area contributed by atoms with E-state index in [1.165, 1.54) is 0 Å². The van der Waals surface area contributed by atoms with E-state index >= 15 is 0 Å². The summed E-state index contributed by atoms with van der Waals surface area (Å²) in [6.45, 7) is 0.288. The molecule has 4 rings (SSSR count).